The number of rotatable bonds is 8. The van der Waals surface area contributed by atoms with Crippen LogP contribution in [0.25, 0.3) is 0 Å². The van der Waals surface area contributed by atoms with Crippen LogP contribution in [0.5, 0.6) is 11.5 Å². The number of amides is 3. The molecule has 2 saturated heterocycles. The van der Waals surface area contributed by atoms with E-state index in [1.54, 1.807) is 30.0 Å². The van der Waals surface area contributed by atoms with E-state index in [1.807, 2.05) is 26.0 Å². The third kappa shape index (κ3) is 4.56. The van der Waals surface area contributed by atoms with Crippen molar-refractivity contribution in [3.8, 4) is 11.5 Å². The van der Waals surface area contributed by atoms with Crippen LogP contribution in [0.3, 0.4) is 0 Å². The van der Waals surface area contributed by atoms with E-state index in [0.29, 0.717) is 31.7 Å². The van der Waals surface area contributed by atoms with E-state index in [2.05, 4.69) is 15.2 Å². The van der Waals surface area contributed by atoms with Gasteiger partial charge in [-0.1, -0.05) is 13.0 Å². The fourth-order valence-electron chi connectivity index (χ4n) is 5.06. The number of aromatic hydroxyl groups is 1. The second kappa shape index (κ2) is 9.69. The van der Waals surface area contributed by atoms with Gasteiger partial charge in [0.05, 0.1) is 18.3 Å². The molecule has 1 aromatic carbocycles. The Morgan fingerprint density at radius 3 is 2.67 bits per heavy atom. The van der Waals surface area contributed by atoms with Gasteiger partial charge in [0.1, 0.15) is 17.0 Å². The lowest BCUT2D eigenvalue weighted by molar-refractivity contribution is -0.134. The van der Waals surface area contributed by atoms with Gasteiger partial charge in [-0.05, 0) is 51.3 Å². The lowest BCUT2D eigenvalue weighted by atomic mass is 9.75. The van der Waals surface area contributed by atoms with Crippen molar-refractivity contribution in [1.82, 2.24) is 20.1 Å². The quantitative estimate of drug-likeness (QED) is 0.573. The largest absolute Gasteiger partial charge is 0.507 e. The number of hydrogen-bond acceptors (Lipinski definition) is 7. The van der Waals surface area contributed by atoms with Crippen molar-refractivity contribution in [2.24, 2.45) is 5.92 Å². The zero-order valence-corrected chi connectivity index (χ0v) is 20.3. The fraction of sp³-hybridized carbons (Fsp3) is 0.542. The minimum absolute atomic E-state index is 0.0924. The summed E-state index contributed by atoms with van der Waals surface area (Å²) in [7, 11) is 1.58. The number of hydrogen-bond donors (Lipinski definition) is 2. The Kier molecular flexibility index (Phi) is 6.90. The average molecular weight is 473 g/mol. The molecule has 2 fully saturated rings. The first-order chi connectivity index (χ1) is 15.9. The molecule has 3 heterocycles. The third-order valence-corrected chi connectivity index (χ3v) is 8.13. The number of likely N-dealkylation sites (tertiary alicyclic amines) is 1. The van der Waals surface area contributed by atoms with Gasteiger partial charge >= 0.3 is 6.03 Å². The summed E-state index contributed by atoms with van der Waals surface area (Å²) in [5, 5.41) is 13.3. The molecule has 178 valence electrons. The van der Waals surface area contributed by atoms with Gasteiger partial charge in [-0.2, -0.15) is 0 Å². The molecule has 0 unspecified atom stereocenters. The van der Waals surface area contributed by atoms with Gasteiger partial charge < -0.3 is 15.2 Å². The molecule has 0 radical (unpaired) electrons. The Morgan fingerprint density at radius 2 is 2.06 bits per heavy atom. The smallest absolute Gasteiger partial charge is 0.325 e. The maximum absolute atomic E-state index is 13.5. The zero-order valence-electron chi connectivity index (χ0n) is 19.5. The van der Waals surface area contributed by atoms with Gasteiger partial charge in [0.15, 0.2) is 0 Å². The number of aromatic nitrogens is 1. The van der Waals surface area contributed by atoms with Crippen molar-refractivity contribution < 1.29 is 19.4 Å². The van der Waals surface area contributed by atoms with Crippen LogP contribution >= 0.6 is 11.3 Å². The Bertz CT molecular complexity index is 1020. The Morgan fingerprint density at radius 1 is 1.30 bits per heavy atom. The molecule has 0 spiro atoms. The SMILES string of the molecule is CC[C@]1(C2CCN(Cc3ccc(OC)cc3O)CC2)NC(=O)N(CCc2scnc2C)C1=O. The summed E-state index contributed by atoms with van der Waals surface area (Å²) >= 11 is 1.56. The van der Waals surface area contributed by atoms with Crippen molar-refractivity contribution in [3.05, 3.63) is 39.8 Å². The number of ether oxygens (including phenoxy) is 1. The van der Waals surface area contributed by atoms with Crippen LogP contribution in [-0.4, -0.2) is 64.1 Å². The molecule has 3 amide bonds. The molecule has 2 aliphatic heterocycles. The number of carbonyl (C=O) groups excluding carboxylic acids is 2. The number of aryl methyl sites for hydroxylation is 1. The van der Waals surface area contributed by atoms with E-state index < -0.39 is 5.54 Å². The number of carbonyl (C=O) groups is 2. The molecule has 0 aliphatic carbocycles. The molecule has 2 N–H and O–H groups in total. The molecule has 2 aromatic rings. The molecule has 0 bridgehead atoms. The maximum atomic E-state index is 13.5. The number of nitrogens with zero attached hydrogens (tertiary/aromatic N) is 3. The monoisotopic (exact) mass is 472 g/mol. The minimum atomic E-state index is -0.825. The topological polar surface area (TPSA) is 95.0 Å². The molecule has 1 atom stereocenters. The fourth-order valence-corrected chi connectivity index (χ4v) is 5.83. The van der Waals surface area contributed by atoms with Crippen LogP contribution < -0.4 is 10.1 Å². The van der Waals surface area contributed by atoms with Crippen molar-refractivity contribution in [2.45, 2.75) is 51.6 Å². The third-order valence-electron chi connectivity index (χ3n) is 7.14. The highest BCUT2D eigenvalue weighted by Crippen LogP contribution is 2.37. The molecular weight excluding hydrogens is 440 g/mol. The molecule has 4 rings (SSSR count). The van der Waals surface area contributed by atoms with Crippen molar-refractivity contribution in [3.63, 3.8) is 0 Å². The zero-order chi connectivity index (χ0) is 23.6. The Hall–Kier alpha value is -2.65. The molecule has 2 aliphatic rings. The van der Waals surface area contributed by atoms with Crippen molar-refractivity contribution in [1.29, 1.82) is 0 Å². The number of methoxy groups -OCH3 is 1. The van der Waals surface area contributed by atoms with E-state index in [1.165, 1.54) is 4.90 Å². The number of imide groups is 1. The van der Waals surface area contributed by atoms with Crippen LogP contribution in [0.15, 0.2) is 23.7 Å². The number of piperidine rings is 1. The molecule has 9 heteroatoms. The summed E-state index contributed by atoms with van der Waals surface area (Å²) in [4.78, 5) is 35.3. The highest BCUT2D eigenvalue weighted by molar-refractivity contribution is 7.09. The molecule has 33 heavy (non-hydrogen) atoms. The van der Waals surface area contributed by atoms with Gasteiger partial charge in [0.2, 0.25) is 0 Å². The summed E-state index contributed by atoms with van der Waals surface area (Å²) < 4.78 is 5.16. The van der Waals surface area contributed by atoms with E-state index in [9.17, 15) is 14.7 Å². The number of benzene rings is 1. The van der Waals surface area contributed by atoms with Crippen LogP contribution in [0.1, 0.15) is 42.3 Å². The summed E-state index contributed by atoms with van der Waals surface area (Å²) in [6, 6.07) is 5.08. The van der Waals surface area contributed by atoms with Crippen LogP contribution in [-0.2, 0) is 17.8 Å². The van der Waals surface area contributed by atoms with Gasteiger partial charge in [-0.15, -0.1) is 11.3 Å². The highest BCUT2D eigenvalue weighted by Gasteiger charge is 2.54. The molecule has 0 saturated carbocycles. The second-order valence-electron chi connectivity index (χ2n) is 8.87. The minimum Gasteiger partial charge on any atom is -0.507 e. The number of thiazole rings is 1. The number of urea groups is 1. The first-order valence-electron chi connectivity index (χ1n) is 11.5. The second-order valence-corrected chi connectivity index (χ2v) is 9.81. The van der Waals surface area contributed by atoms with Gasteiger partial charge in [-0.25, -0.2) is 9.78 Å². The van der Waals surface area contributed by atoms with E-state index in [-0.39, 0.29) is 23.6 Å². The number of phenolic OH excluding ortho intramolecular Hbond substituents is 1. The van der Waals surface area contributed by atoms with E-state index >= 15 is 0 Å². The van der Waals surface area contributed by atoms with Crippen molar-refractivity contribution in [2.75, 3.05) is 26.7 Å². The maximum Gasteiger partial charge on any atom is 0.325 e. The van der Waals surface area contributed by atoms with E-state index in [0.717, 1.165) is 42.1 Å². The highest BCUT2D eigenvalue weighted by atomic mass is 32.1. The van der Waals surface area contributed by atoms with Crippen molar-refractivity contribution >= 4 is 23.3 Å². The Labute approximate surface area is 198 Å². The van der Waals surface area contributed by atoms with Crippen LogP contribution in [0, 0.1) is 12.8 Å². The molecule has 8 nitrogen and oxygen atoms in total. The van der Waals surface area contributed by atoms with Crippen LogP contribution in [0.4, 0.5) is 4.79 Å². The first kappa shape index (κ1) is 23.5. The predicted molar refractivity (Wildman–Crippen MR) is 126 cm³/mol. The van der Waals surface area contributed by atoms with Gasteiger partial charge in [0.25, 0.3) is 5.91 Å². The average Bonchev–Trinajstić information content (AvgIpc) is 3.34. The van der Waals surface area contributed by atoms with E-state index in [4.69, 9.17) is 4.74 Å². The van der Waals surface area contributed by atoms with Gasteiger partial charge in [0, 0.05) is 36.0 Å². The lowest BCUT2D eigenvalue weighted by Crippen LogP contribution is -2.55. The summed E-state index contributed by atoms with van der Waals surface area (Å²) in [5.41, 5.74) is 2.79. The Balaban J connectivity index is 1.38. The van der Waals surface area contributed by atoms with Crippen LogP contribution in [0.2, 0.25) is 0 Å². The normalized spacial score (nSPS) is 22.1. The predicted octanol–water partition coefficient (Wildman–Crippen LogP) is 3.32. The van der Waals surface area contributed by atoms with Gasteiger partial charge in [-0.3, -0.25) is 14.6 Å². The summed E-state index contributed by atoms with van der Waals surface area (Å²) in [6.45, 7) is 6.57. The standard InChI is InChI=1S/C24H32N4O4S/c1-4-24(22(30)28(23(31)26-24)12-9-21-16(2)25-15-33-21)18-7-10-27(11-8-18)14-17-5-6-19(32-3)13-20(17)29/h5-6,13,15,18,29H,4,7-12,14H2,1-3H3,(H,26,31)/t24-/m1/s1. The molecular formula is C24H32N4O4S. The number of nitrogens with one attached hydrogen (secondary N) is 1. The summed E-state index contributed by atoms with van der Waals surface area (Å²) in [6.07, 6.45) is 2.86. The molecule has 1 aromatic heterocycles. The first-order valence-corrected chi connectivity index (χ1v) is 12.4. The lowest BCUT2D eigenvalue weighted by Gasteiger charge is -2.40. The number of phenols is 1. The summed E-state index contributed by atoms with van der Waals surface area (Å²) in [5.74, 6) is 0.857.